The second-order valence-corrected chi connectivity index (χ2v) is 8.87. The van der Waals surface area contributed by atoms with Crippen molar-refractivity contribution in [2.24, 2.45) is 5.41 Å². The average Bonchev–Trinajstić information content (AvgIpc) is 2.82. The molecule has 33 heavy (non-hydrogen) atoms. The monoisotopic (exact) mass is 448 g/mol. The van der Waals surface area contributed by atoms with Crippen molar-refractivity contribution in [3.05, 3.63) is 69.8 Å². The van der Waals surface area contributed by atoms with Gasteiger partial charge in [-0.15, -0.1) is 0 Å². The minimum atomic E-state index is -1.49. The number of barbiturate groups is 1. The van der Waals surface area contributed by atoms with Crippen molar-refractivity contribution in [1.29, 1.82) is 0 Å². The molecule has 0 aromatic heterocycles. The number of benzene rings is 2. The van der Waals surface area contributed by atoms with E-state index in [1.165, 1.54) is 12.1 Å². The number of fused-ring (bicyclic) bond motifs is 4. The normalized spacial score (nSPS) is 24.4. The second-order valence-electron chi connectivity index (χ2n) is 8.87. The van der Waals surface area contributed by atoms with Gasteiger partial charge in [-0.05, 0) is 42.9 Å². The van der Waals surface area contributed by atoms with Gasteiger partial charge in [-0.25, -0.2) is 4.79 Å². The third-order valence-corrected chi connectivity index (χ3v) is 7.09. The number of nitrogens with one attached hydrogen (secondary N) is 1. The van der Waals surface area contributed by atoms with Crippen molar-refractivity contribution in [2.75, 3.05) is 18.0 Å². The third kappa shape index (κ3) is 3.35. The molecule has 0 saturated carbocycles. The molecule has 2 aromatic rings. The van der Waals surface area contributed by atoms with Crippen LogP contribution < -0.4 is 10.2 Å². The fraction of sp³-hybridized carbons (Fsp3) is 0.375. The van der Waals surface area contributed by atoms with Gasteiger partial charge in [0.15, 0.2) is 5.41 Å². The highest BCUT2D eigenvalue weighted by molar-refractivity contribution is 6.20. The largest absolute Gasteiger partial charge is 0.367 e. The van der Waals surface area contributed by atoms with Gasteiger partial charge in [0, 0.05) is 37.3 Å². The van der Waals surface area contributed by atoms with Crippen LogP contribution in [0.1, 0.15) is 30.4 Å². The highest BCUT2D eigenvalue weighted by atomic mass is 16.6. The van der Waals surface area contributed by atoms with Crippen LogP contribution in [0.3, 0.4) is 0 Å². The molecule has 2 aromatic carbocycles. The number of nitro groups is 1. The molecule has 2 fully saturated rings. The topological polar surface area (TPSA) is 113 Å². The molecule has 1 spiro atoms. The SMILES string of the molecule is O=C1NC(=O)[C@]2(Cc3cc([N+](=O)[O-])ccc3N3CCCC[C@@H]32)C(=O)N1CCc1ccccc1. The zero-order valence-electron chi connectivity index (χ0n) is 18.0. The summed E-state index contributed by atoms with van der Waals surface area (Å²) in [5.74, 6) is -1.12. The van der Waals surface area contributed by atoms with Crippen LogP contribution >= 0.6 is 0 Å². The second kappa shape index (κ2) is 7.99. The molecule has 3 aliphatic heterocycles. The Labute approximate surface area is 190 Å². The van der Waals surface area contributed by atoms with E-state index >= 15 is 0 Å². The van der Waals surface area contributed by atoms with Crippen LogP contribution in [0.25, 0.3) is 0 Å². The third-order valence-electron chi connectivity index (χ3n) is 7.09. The van der Waals surface area contributed by atoms with Gasteiger partial charge in [-0.3, -0.25) is 29.9 Å². The molecule has 0 radical (unpaired) electrons. The molecule has 3 heterocycles. The Morgan fingerprint density at radius 1 is 1.09 bits per heavy atom. The van der Waals surface area contributed by atoms with E-state index in [1.807, 2.05) is 35.2 Å². The average molecular weight is 448 g/mol. The van der Waals surface area contributed by atoms with Crippen LogP contribution in [0.4, 0.5) is 16.2 Å². The molecule has 1 N–H and O–H groups in total. The van der Waals surface area contributed by atoms with Crippen LogP contribution in [0.5, 0.6) is 0 Å². The van der Waals surface area contributed by atoms with E-state index in [0.29, 0.717) is 24.9 Å². The number of amides is 4. The fourth-order valence-corrected chi connectivity index (χ4v) is 5.50. The van der Waals surface area contributed by atoms with Crippen LogP contribution in [-0.4, -0.2) is 46.8 Å². The van der Waals surface area contributed by atoms with Gasteiger partial charge in [0.05, 0.1) is 11.0 Å². The number of rotatable bonds is 4. The van der Waals surface area contributed by atoms with Crippen molar-refractivity contribution in [2.45, 2.75) is 38.1 Å². The maximum Gasteiger partial charge on any atom is 0.330 e. The first kappa shape index (κ1) is 21.1. The van der Waals surface area contributed by atoms with Crippen molar-refractivity contribution in [3.63, 3.8) is 0 Å². The van der Waals surface area contributed by atoms with E-state index in [-0.39, 0.29) is 18.7 Å². The number of hydrogen-bond acceptors (Lipinski definition) is 6. The van der Waals surface area contributed by atoms with Crippen LogP contribution in [-0.2, 0) is 22.4 Å². The lowest BCUT2D eigenvalue weighted by molar-refractivity contribution is -0.384. The summed E-state index contributed by atoms with van der Waals surface area (Å²) in [6.45, 7) is 0.800. The quantitative estimate of drug-likeness (QED) is 0.437. The van der Waals surface area contributed by atoms with Crippen molar-refractivity contribution in [3.8, 4) is 0 Å². The summed E-state index contributed by atoms with van der Waals surface area (Å²) in [5.41, 5.74) is 0.813. The molecule has 5 rings (SSSR count). The van der Waals surface area contributed by atoms with Crippen LogP contribution in [0.2, 0.25) is 0 Å². The predicted molar refractivity (Wildman–Crippen MR) is 120 cm³/mol. The molecule has 2 saturated heterocycles. The van der Waals surface area contributed by atoms with Crippen molar-refractivity contribution < 1.29 is 19.3 Å². The smallest absolute Gasteiger partial charge is 0.330 e. The van der Waals surface area contributed by atoms with E-state index in [4.69, 9.17) is 0 Å². The van der Waals surface area contributed by atoms with Gasteiger partial charge in [-0.2, -0.15) is 0 Å². The summed E-state index contributed by atoms with van der Waals surface area (Å²) in [6.07, 6.45) is 2.90. The van der Waals surface area contributed by atoms with E-state index < -0.39 is 34.2 Å². The summed E-state index contributed by atoms with van der Waals surface area (Å²) in [6, 6.07) is 13.0. The number of nitrogens with zero attached hydrogens (tertiary/aromatic N) is 3. The van der Waals surface area contributed by atoms with Gasteiger partial charge in [0.25, 0.3) is 5.69 Å². The number of imide groups is 2. The summed E-state index contributed by atoms with van der Waals surface area (Å²) in [7, 11) is 0. The highest BCUT2D eigenvalue weighted by Gasteiger charge is 2.62. The number of nitro benzene ring substituents is 1. The van der Waals surface area contributed by atoms with Gasteiger partial charge >= 0.3 is 6.03 Å². The molecule has 3 aliphatic rings. The predicted octanol–water partition coefficient (Wildman–Crippen LogP) is 2.82. The van der Waals surface area contributed by atoms with Crippen LogP contribution in [0.15, 0.2) is 48.5 Å². The first-order chi connectivity index (χ1) is 15.9. The number of hydrogen-bond donors (Lipinski definition) is 1. The van der Waals surface area contributed by atoms with Gasteiger partial charge in [0.1, 0.15) is 0 Å². The van der Waals surface area contributed by atoms with Gasteiger partial charge < -0.3 is 4.90 Å². The summed E-state index contributed by atoms with van der Waals surface area (Å²) in [5, 5.41) is 13.8. The summed E-state index contributed by atoms with van der Waals surface area (Å²) >= 11 is 0. The fourth-order valence-electron chi connectivity index (χ4n) is 5.50. The van der Waals surface area contributed by atoms with E-state index in [0.717, 1.165) is 29.0 Å². The Kier molecular flexibility index (Phi) is 5.11. The van der Waals surface area contributed by atoms with Crippen LogP contribution in [0, 0.1) is 15.5 Å². The standard InChI is InChI=1S/C24H24N4O5/c29-21-24(22(30)27(23(31)25-21)13-11-16-6-2-1-3-7-16)15-17-14-18(28(32)33)9-10-19(17)26-12-5-4-8-20(24)26/h1-3,6-7,9-10,14,20H,4-5,8,11-13,15H2,(H,25,29,31)/t20-,24-/m1/s1. The number of carbonyl (C=O) groups is 3. The first-order valence-corrected chi connectivity index (χ1v) is 11.2. The molecule has 9 heteroatoms. The Bertz CT molecular complexity index is 1150. The number of urea groups is 1. The zero-order valence-corrected chi connectivity index (χ0v) is 18.0. The molecular weight excluding hydrogens is 424 g/mol. The summed E-state index contributed by atoms with van der Waals surface area (Å²) < 4.78 is 0. The zero-order chi connectivity index (χ0) is 23.2. The van der Waals surface area contributed by atoms with Crippen molar-refractivity contribution >= 4 is 29.2 Å². The number of anilines is 1. The number of non-ortho nitro benzene ring substituents is 1. The maximum atomic E-state index is 13.9. The molecule has 9 nitrogen and oxygen atoms in total. The highest BCUT2D eigenvalue weighted by Crippen LogP contribution is 2.48. The van der Waals surface area contributed by atoms with Crippen molar-refractivity contribution in [1.82, 2.24) is 10.2 Å². The lowest BCUT2D eigenvalue weighted by Crippen LogP contribution is -2.72. The summed E-state index contributed by atoms with van der Waals surface area (Å²) in [4.78, 5) is 54.0. The molecule has 0 aliphatic carbocycles. The minimum absolute atomic E-state index is 0.0327. The Balaban J connectivity index is 1.54. The molecule has 4 amide bonds. The van der Waals surface area contributed by atoms with E-state index in [1.54, 1.807) is 6.07 Å². The molecular formula is C24H24N4O5. The van der Waals surface area contributed by atoms with Gasteiger partial charge in [-0.1, -0.05) is 30.3 Å². The number of piperidine rings is 1. The maximum absolute atomic E-state index is 13.9. The van der Waals surface area contributed by atoms with Gasteiger partial charge in [0.2, 0.25) is 11.8 Å². The first-order valence-electron chi connectivity index (χ1n) is 11.2. The minimum Gasteiger partial charge on any atom is -0.367 e. The number of carbonyl (C=O) groups excluding carboxylic acids is 3. The van der Waals surface area contributed by atoms with E-state index in [9.17, 15) is 24.5 Å². The molecule has 0 unspecified atom stereocenters. The molecule has 2 atom stereocenters. The van der Waals surface area contributed by atoms with E-state index in [2.05, 4.69) is 5.32 Å². The Morgan fingerprint density at radius 3 is 2.64 bits per heavy atom. The molecule has 0 bridgehead atoms. The Hall–Kier alpha value is -3.75. The lowest BCUT2D eigenvalue weighted by atomic mass is 9.66. The lowest BCUT2D eigenvalue weighted by Gasteiger charge is -2.53. The Morgan fingerprint density at radius 2 is 1.88 bits per heavy atom. The molecule has 170 valence electrons.